The summed E-state index contributed by atoms with van der Waals surface area (Å²) in [6, 6.07) is 0.747. The molecule has 0 saturated heterocycles. The second kappa shape index (κ2) is 5.48. The predicted octanol–water partition coefficient (Wildman–Crippen LogP) is 4.54. The number of hydrogen-bond acceptors (Lipinski definition) is 1. The fourth-order valence-electron chi connectivity index (χ4n) is 6.07. The van der Waals surface area contributed by atoms with E-state index < -0.39 is 0 Å². The zero-order valence-electron chi connectivity index (χ0n) is 13.1. The summed E-state index contributed by atoms with van der Waals surface area (Å²) >= 11 is 0. The molecule has 5 atom stereocenters. The van der Waals surface area contributed by atoms with Gasteiger partial charge in [-0.15, -0.1) is 0 Å². The fourth-order valence-corrected chi connectivity index (χ4v) is 6.07. The molecule has 1 N–H and O–H groups in total. The van der Waals surface area contributed by atoms with Gasteiger partial charge in [0.1, 0.15) is 0 Å². The molecule has 1 heteroatoms. The monoisotopic (exact) mass is 273 g/mol. The maximum absolute atomic E-state index is 3.89. The van der Waals surface area contributed by atoms with Crippen LogP contribution >= 0.6 is 0 Å². The van der Waals surface area contributed by atoms with Crippen molar-refractivity contribution in [2.24, 2.45) is 29.6 Å². The molecule has 112 valence electrons. The Labute approximate surface area is 124 Å². The van der Waals surface area contributed by atoms with Crippen LogP contribution in [0.4, 0.5) is 0 Å². The number of hydrogen-bond donors (Lipinski definition) is 1. The van der Waals surface area contributed by atoms with Crippen LogP contribution in [-0.2, 0) is 0 Å². The highest BCUT2D eigenvalue weighted by Gasteiger charge is 2.66. The molecule has 3 saturated carbocycles. The van der Waals surface area contributed by atoms with Crippen LogP contribution in [0.25, 0.3) is 0 Å². The van der Waals surface area contributed by atoms with E-state index in [2.05, 4.69) is 18.3 Å². The summed E-state index contributed by atoms with van der Waals surface area (Å²) in [6.45, 7) is 3.44. The van der Waals surface area contributed by atoms with Gasteiger partial charge in [-0.2, -0.15) is 0 Å². The lowest BCUT2D eigenvalue weighted by molar-refractivity contribution is 0.387. The van der Waals surface area contributed by atoms with Gasteiger partial charge in [-0.25, -0.2) is 0 Å². The smallest absolute Gasteiger partial charge is 0.0313 e. The van der Waals surface area contributed by atoms with E-state index in [0.29, 0.717) is 0 Å². The highest BCUT2D eigenvalue weighted by molar-refractivity contribution is 5.24. The van der Waals surface area contributed by atoms with Gasteiger partial charge < -0.3 is 5.32 Å². The molecule has 0 aromatic heterocycles. The Morgan fingerprint density at radius 3 is 2.60 bits per heavy atom. The Kier molecular flexibility index (Phi) is 3.66. The minimum atomic E-state index is 0.747. The zero-order chi connectivity index (χ0) is 13.5. The van der Waals surface area contributed by atoms with E-state index in [1.165, 1.54) is 38.5 Å². The molecule has 0 radical (unpaired) electrons. The molecular formula is C19H31N. The summed E-state index contributed by atoms with van der Waals surface area (Å²) in [5, 5.41) is 3.89. The van der Waals surface area contributed by atoms with Crippen molar-refractivity contribution in [2.75, 3.05) is 6.54 Å². The van der Waals surface area contributed by atoms with Gasteiger partial charge in [0, 0.05) is 6.04 Å². The maximum Gasteiger partial charge on any atom is 0.0313 e. The Morgan fingerprint density at radius 2 is 1.85 bits per heavy atom. The van der Waals surface area contributed by atoms with Gasteiger partial charge >= 0.3 is 0 Å². The van der Waals surface area contributed by atoms with Crippen LogP contribution in [0.1, 0.15) is 64.7 Å². The van der Waals surface area contributed by atoms with Crippen LogP contribution in [0.3, 0.4) is 0 Å². The number of fused-ring (bicyclic) bond motifs is 5. The molecule has 0 aliphatic heterocycles. The van der Waals surface area contributed by atoms with Crippen molar-refractivity contribution in [3.63, 3.8) is 0 Å². The molecule has 4 rings (SSSR count). The van der Waals surface area contributed by atoms with E-state index >= 15 is 0 Å². The minimum Gasteiger partial charge on any atom is -0.310 e. The molecule has 1 nitrogen and oxygen atoms in total. The van der Waals surface area contributed by atoms with E-state index in [1.54, 1.807) is 24.8 Å². The first-order valence-corrected chi connectivity index (χ1v) is 9.32. The lowest BCUT2D eigenvalue weighted by Gasteiger charge is -2.26. The molecule has 20 heavy (non-hydrogen) atoms. The van der Waals surface area contributed by atoms with Gasteiger partial charge in [0.05, 0.1) is 0 Å². The normalized spacial score (nSPS) is 44.5. The van der Waals surface area contributed by atoms with Crippen molar-refractivity contribution in [3.8, 4) is 0 Å². The van der Waals surface area contributed by atoms with E-state index in [-0.39, 0.29) is 0 Å². The topological polar surface area (TPSA) is 12.0 Å². The van der Waals surface area contributed by atoms with Crippen molar-refractivity contribution in [1.29, 1.82) is 0 Å². The molecule has 4 aliphatic carbocycles. The molecule has 0 amide bonds. The summed E-state index contributed by atoms with van der Waals surface area (Å²) in [7, 11) is 0. The summed E-state index contributed by atoms with van der Waals surface area (Å²) in [6.07, 6.45) is 15.8. The Hall–Kier alpha value is -0.300. The summed E-state index contributed by atoms with van der Waals surface area (Å²) in [5.74, 6) is 5.48. The SMILES string of the molecule is CCNC(C1=CCCCCCC1)C1C2C3CCC(C3)C21. The maximum atomic E-state index is 3.89. The first-order chi connectivity index (χ1) is 9.90. The molecule has 4 aliphatic rings. The van der Waals surface area contributed by atoms with E-state index in [0.717, 1.165) is 42.2 Å². The highest BCUT2D eigenvalue weighted by Crippen LogP contribution is 2.70. The Balaban J connectivity index is 1.50. The molecule has 0 aromatic rings. The van der Waals surface area contributed by atoms with Gasteiger partial charge in [-0.3, -0.25) is 0 Å². The van der Waals surface area contributed by atoms with Crippen LogP contribution in [0.5, 0.6) is 0 Å². The van der Waals surface area contributed by atoms with Gasteiger partial charge in [-0.1, -0.05) is 31.4 Å². The molecule has 2 bridgehead atoms. The molecule has 0 aromatic carbocycles. The first kappa shape index (κ1) is 13.4. The Morgan fingerprint density at radius 1 is 1.10 bits per heavy atom. The van der Waals surface area contributed by atoms with Crippen molar-refractivity contribution in [1.82, 2.24) is 5.32 Å². The largest absolute Gasteiger partial charge is 0.310 e. The van der Waals surface area contributed by atoms with E-state index in [9.17, 15) is 0 Å². The molecule has 3 fully saturated rings. The number of rotatable bonds is 4. The standard InChI is InChI=1S/C19H31N/c1-2-20-19(13-8-6-4-3-5-7-9-13)18-16-14-10-11-15(12-14)17(16)18/h8,14-20H,2-7,9-12H2,1H3. The van der Waals surface area contributed by atoms with Gasteiger partial charge in [-0.05, 0) is 81.1 Å². The van der Waals surface area contributed by atoms with E-state index in [4.69, 9.17) is 0 Å². The van der Waals surface area contributed by atoms with Gasteiger partial charge in [0.25, 0.3) is 0 Å². The van der Waals surface area contributed by atoms with Crippen molar-refractivity contribution < 1.29 is 0 Å². The average Bonchev–Trinajstić information content (AvgIpc) is 2.83. The summed E-state index contributed by atoms with van der Waals surface area (Å²) in [4.78, 5) is 0. The van der Waals surface area contributed by atoms with Gasteiger partial charge in [0.15, 0.2) is 0 Å². The van der Waals surface area contributed by atoms with Crippen LogP contribution < -0.4 is 5.32 Å². The predicted molar refractivity (Wildman–Crippen MR) is 84.6 cm³/mol. The third-order valence-corrected chi connectivity index (χ3v) is 6.83. The Bertz CT molecular complexity index is 369. The summed E-state index contributed by atoms with van der Waals surface area (Å²) in [5.41, 5.74) is 1.80. The number of allylic oxidation sites excluding steroid dienone is 1. The number of nitrogens with one attached hydrogen (secondary N) is 1. The second-order valence-corrected chi connectivity index (χ2v) is 7.83. The first-order valence-electron chi connectivity index (χ1n) is 9.32. The second-order valence-electron chi connectivity index (χ2n) is 7.83. The molecule has 0 heterocycles. The molecule has 0 spiro atoms. The molecular weight excluding hydrogens is 242 g/mol. The van der Waals surface area contributed by atoms with Crippen molar-refractivity contribution in [3.05, 3.63) is 11.6 Å². The van der Waals surface area contributed by atoms with Crippen LogP contribution in [0.15, 0.2) is 11.6 Å². The average molecular weight is 273 g/mol. The minimum absolute atomic E-state index is 0.747. The third-order valence-electron chi connectivity index (χ3n) is 6.83. The summed E-state index contributed by atoms with van der Waals surface area (Å²) < 4.78 is 0. The lowest BCUT2D eigenvalue weighted by Crippen LogP contribution is -2.35. The third kappa shape index (κ3) is 2.17. The van der Waals surface area contributed by atoms with Crippen LogP contribution in [0.2, 0.25) is 0 Å². The van der Waals surface area contributed by atoms with Crippen molar-refractivity contribution >= 4 is 0 Å². The lowest BCUT2D eigenvalue weighted by atomic mass is 9.88. The number of likely N-dealkylation sites (N-methyl/N-ethyl adjacent to an activating group) is 1. The van der Waals surface area contributed by atoms with Crippen molar-refractivity contribution in [2.45, 2.75) is 70.8 Å². The van der Waals surface area contributed by atoms with Gasteiger partial charge in [0.2, 0.25) is 0 Å². The quantitative estimate of drug-likeness (QED) is 0.742. The fraction of sp³-hybridized carbons (Fsp3) is 0.895. The van der Waals surface area contributed by atoms with Crippen LogP contribution in [0, 0.1) is 29.6 Å². The highest BCUT2D eigenvalue weighted by atomic mass is 14.9. The van der Waals surface area contributed by atoms with E-state index in [1.807, 2.05) is 0 Å². The van der Waals surface area contributed by atoms with Crippen LogP contribution in [-0.4, -0.2) is 12.6 Å². The zero-order valence-corrected chi connectivity index (χ0v) is 13.1. The molecule has 5 unspecified atom stereocenters.